The van der Waals surface area contributed by atoms with Crippen LogP contribution in [0.15, 0.2) is 66.7 Å². The van der Waals surface area contributed by atoms with Gasteiger partial charge >= 0.3 is 5.97 Å². The molecule has 1 amide bonds. The lowest BCUT2D eigenvalue weighted by Crippen LogP contribution is -2.27. The lowest BCUT2D eigenvalue weighted by molar-refractivity contribution is 0.0473. The molecular weight excluding hydrogens is 402 g/mol. The fourth-order valence-corrected chi connectivity index (χ4v) is 3.31. The standard InChI is InChI=1S/C27H27NO4/c1-18(2)15-28-26(30)21-10-12-23(22(14-21)16-29)24-11-9-19(3)13-25(24)27(31)32-17-20-7-5-4-6-8-20/h4-14,16,18H,15,17H2,1-3H3,(H,28,30). The highest BCUT2D eigenvalue weighted by Gasteiger charge is 2.18. The molecule has 0 aliphatic heterocycles. The fourth-order valence-electron chi connectivity index (χ4n) is 3.31. The van der Waals surface area contributed by atoms with Gasteiger partial charge in [0.1, 0.15) is 6.61 Å². The van der Waals surface area contributed by atoms with Crippen LogP contribution in [0, 0.1) is 12.8 Å². The van der Waals surface area contributed by atoms with Crippen LogP contribution < -0.4 is 5.32 Å². The van der Waals surface area contributed by atoms with Crippen molar-refractivity contribution in [1.29, 1.82) is 0 Å². The molecule has 0 heterocycles. The molecule has 164 valence electrons. The highest BCUT2D eigenvalue weighted by atomic mass is 16.5. The minimum atomic E-state index is -0.469. The second-order valence-electron chi connectivity index (χ2n) is 8.13. The van der Waals surface area contributed by atoms with Crippen molar-refractivity contribution in [2.75, 3.05) is 6.54 Å². The first-order valence-electron chi connectivity index (χ1n) is 10.6. The highest BCUT2D eigenvalue weighted by Crippen LogP contribution is 2.29. The van der Waals surface area contributed by atoms with Crippen LogP contribution in [0.25, 0.3) is 11.1 Å². The van der Waals surface area contributed by atoms with Gasteiger partial charge in [-0.05, 0) is 47.7 Å². The van der Waals surface area contributed by atoms with Crippen molar-refractivity contribution in [1.82, 2.24) is 5.32 Å². The summed E-state index contributed by atoms with van der Waals surface area (Å²) in [6.07, 6.45) is 0.702. The summed E-state index contributed by atoms with van der Waals surface area (Å²) in [6.45, 7) is 6.61. The minimum absolute atomic E-state index is 0.155. The van der Waals surface area contributed by atoms with Crippen LogP contribution >= 0.6 is 0 Å². The van der Waals surface area contributed by atoms with Crippen molar-refractivity contribution in [3.63, 3.8) is 0 Å². The molecule has 0 unspecified atom stereocenters. The molecular formula is C27H27NO4. The Bertz CT molecular complexity index is 1120. The largest absolute Gasteiger partial charge is 0.457 e. The number of carbonyl (C=O) groups excluding carboxylic acids is 3. The third-order valence-corrected chi connectivity index (χ3v) is 5.01. The van der Waals surface area contributed by atoms with Crippen LogP contribution in [-0.4, -0.2) is 24.7 Å². The molecule has 0 aliphatic rings. The molecule has 5 nitrogen and oxygen atoms in total. The zero-order valence-corrected chi connectivity index (χ0v) is 18.6. The average Bonchev–Trinajstić information content (AvgIpc) is 2.81. The zero-order chi connectivity index (χ0) is 23.1. The summed E-state index contributed by atoms with van der Waals surface area (Å²) >= 11 is 0. The monoisotopic (exact) mass is 429 g/mol. The Hall–Kier alpha value is -3.73. The van der Waals surface area contributed by atoms with Crippen molar-refractivity contribution in [2.24, 2.45) is 5.92 Å². The van der Waals surface area contributed by atoms with Crippen molar-refractivity contribution >= 4 is 18.2 Å². The summed E-state index contributed by atoms with van der Waals surface area (Å²) in [5, 5.41) is 2.85. The maximum absolute atomic E-state index is 12.9. The smallest absolute Gasteiger partial charge is 0.339 e. The Kier molecular flexibility index (Phi) is 7.55. The van der Waals surface area contributed by atoms with Crippen LogP contribution in [0.1, 0.15) is 56.0 Å². The molecule has 3 aromatic carbocycles. The third kappa shape index (κ3) is 5.70. The van der Waals surface area contributed by atoms with Crippen molar-refractivity contribution < 1.29 is 19.1 Å². The molecule has 3 aromatic rings. The van der Waals surface area contributed by atoms with E-state index in [2.05, 4.69) is 5.32 Å². The van der Waals surface area contributed by atoms with Crippen molar-refractivity contribution in [2.45, 2.75) is 27.4 Å². The maximum atomic E-state index is 12.9. The third-order valence-electron chi connectivity index (χ3n) is 5.01. The van der Waals surface area contributed by atoms with E-state index in [9.17, 15) is 14.4 Å². The van der Waals surface area contributed by atoms with Gasteiger partial charge in [-0.25, -0.2) is 4.79 Å². The van der Waals surface area contributed by atoms with Gasteiger partial charge in [0.15, 0.2) is 6.29 Å². The molecule has 3 rings (SSSR count). The van der Waals surface area contributed by atoms with E-state index in [1.165, 1.54) is 0 Å². The Morgan fingerprint density at radius 1 is 0.969 bits per heavy atom. The number of nitrogens with one attached hydrogen (secondary N) is 1. The van der Waals surface area contributed by atoms with Gasteiger partial charge in [0, 0.05) is 17.7 Å². The van der Waals surface area contributed by atoms with Gasteiger partial charge in [0.05, 0.1) is 5.56 Å². The van der Waals surface area contributed by atoms with Gasteiger partial charge in [0.25, 0.3) is 5.91 Å². The molecule has 0 bridgehead atoms. The molecule has 0 saturated carbocycles. The molecule has 5 heteroatoms. The SMILES string of the molecule is Cc1ccc(-c2ccc(C(=O)NCC(C)C)cc2C=O)c(C(=O)OCc2ccccc2)c1. The topological polar surface area (TPSA) is 72.5 Å². The van der Waals surface area contributed by atoms with E-state index in [4.69, 9.17) is 4.74 Å². The Labute approximate surface area is 188 Å². The van der Waals surface area contributed by atoms with E-state index in [0.29, 0.717) is 46.6 Å². The first-order valence-corrected chi connectivity index (χ1v) is 10.6. The van der Waals surface area contributed by atoms with E-state index in [0.717, 1.165) is 11.1 Å². The molecule has 0 fully saturated rings. The Morgan fingerprint density at radius 3 is 2.38 bits per heavy atom. The summed E-state index contributed by atoms with van der Waals surface area (Å²) < 4.78 is 5.53. The lowest BCUT2D eigenvalue weighted by atomic mass is 9.93. The van der Waals surface area contributed by atoms with E-state index >= 15 is 0 Å². The zero-order valence-electron chi connectivity index (χ0n) is 18.6. The van der Waals surface area contributed by atoms with E-state index in [1.807, 2.05) is 57.2 Å². The second kappa shape index (κ2) is 10.5. The van der Waals surface area contributed by atoms with Crippen LogP contribution in [0.4, 0.5) is 0 Å². The second-order valence-corrected chi connectivity index (χ2v) is 8.13. The van der Waals surface area contributed by atoms with Crippen molar-refractivity contribution in [3.05, 3.63) is 94.5 Å². The molecule has 0 spiro atoms. The number of aryl methyl sites for hydroxylation is 1. The number of esters is 1. The molecule has 0 aliphatic carbocycles. The number of ether oxygens (including phenoxy) is 1. The van der Waals surface area contributed by atoms with Gasteiger partial charge in [-0.1, -0.05) is 67.9 Å². The number of rotatable bonds is 8. The van der Waals surface area contributed by atoms with E-state index < -0.39 is 5.97 Å². The minimum Gasteiger partial charge on any atom is -0.457 e. The normalized spacial score (nSPS) is 10.6. The summed E-state index contributed by atoms with van der Waals surface area (Å²) in [4.78, 5) is 37.2. The summed E-state index contributed by atoms with van der Waals surface area (Å²) in [5.41, 5.74) is 4.07. The molecule has 0 radical (unpaired) electrons. The van der Waals surface area contributed by atoms with E-state index in [1.54, 1.807) is 30.3 Å². The quantitative estimate of drug-likeness (QED) is 0.394. The Balaban J connectivity index is 1.91. The van der Waals surface area contributed by atoms with Gasteiger partial charge in [0.2, 0.25) is 0 Å². The maximum Gasteiger partial charge on any atom is 0.339 e. The lowest BCUT2D eigenvalue weighted by Gasteiger charge is -2.14. The number of hydrogen-bond acceptors (Lipinski definition) is 4. The first kappa shape index (κ1) is 22.9. The number of hydrogen-bond donors (Lipinski definition) is 1. The Morgan fingerprint density at radius 2 is 1.69 bits per heavy atom. The predicted octanol–water partition coefficient (Wildman–Crippen LogP) is 5.22. The number of benzene rings is 3. The molecule has 0 saturated heterocycles. The summed E-state index contributed by atoms with van der Waals surface area (Å²) in [6, 6.07) is 19.8. The summed E-state index contributed by atoms with van der Waals surface area (Å²) in [7, 11) is 0. The molecule has 32 heavy (non-hydrogen) atoms. The van der Waals surface area contributed by atoms with Crippen LogP contribution in [-0.2, 0) is 11.3 Å². The van der Waals surface area contributed by atoms with Crippen LogP contribution in [0.3, 0.4) is 0 Å². The van der Waals surface area contributed by atoms with Gasteiger partial charge in [-0.3, -0.25) is 9.59 Å². The number of carbonyl (C=O) groups is 3. The van der Waals surface area contributed by atoms with Gasteiger partial charge in [-0.2, -0.15) is 0 Å². The van der Waals surface area contributed by atoms with Crippen LogP contribution in [0.5, 0.6) is 0 Å². The molecule has 1 N–H and O–H groups in total. The highest BCUT2D eigenvalue weighted by molar-refractivity contribution is 6.02. The fraction of sp³-hybridized carbons (Fsp3) is 0.222. The van der Waals surface area contributed by atoms with Gasteiger partial charge < -0.3 is 10.1 Å². The molecule has 0 atom stereocenters. The summed E-state index contributed by atoms with van der Waals surface area (Å²) in [5.74, 6) is -0.385. The van der Waals surface area contributed by atoms with Crippen LogP contribution in [0.2, 0.25) is 0 Å². The first-order chi connectivity index (χ1) is 15.4. The number of amides is 1. The number of aldehydes is 1. The van der Waals surface area contributed by atoms with Crippen molar-refractivity contribution in [3.8, 4) is 11.1 Å². The van der Waals surface area contributed by atoms with Gasteiger partial charge in [-0.15, -0.1) is 0 Å². The molecule has 0 aromatic heterocycles. The predicted molar refractivity (Wildman–Crippen MR) is 125 cm³/mol. The van der Waals surface area contributed by atoms with E-state index in [-0.39, 0.29) is 12.5 Å². The average molecular weight is 430 g/mol.